The van der Waals surface area contributed by atoms with E-state index >= 15 is 0 Å². The molecule has 0 aliphatic heterocycles. The average Bonchev–Trinajstić information content (AvgIpc) is 3.39. The number of aryl methyl sites for hydroxylation is 2. The SMILES string of the molecule is CN=C(NCC1(C2CC2)CC1)NC(C)Cc1c(C)nn(C)c1C. The molecule has 0 radical (unpaired) electrons. The van der Waals surface area contributed by atoms with Crippen LogP contribution in [0.15, 0.2) is 4.99 Å². The Balaban J connectivity index is 1.52. The lowest BCUT2D eigenvalue weighted by molar-refractivity contribution is 0.430. The van der Waals surface area contributed by atoms with Crippen molar-refractivity contribution in [2.45, 2.75) is 58.9 Å². The Labute approximate surface area is 139 Å². The van der Waals surface area contributed by atoms with Crippen molar-refractivity contribution in [2.75, 3.05) is 13.6 Å². The summed E-state index contributed by atoms with van der Waals surface area (Å²) in [5.74, 6) is 1.91. The Morgan fingerprint density at radius 1 is 1.39 bits per heavy atom. The van der Waals surface area contributed by atoms with Gasteiger partial charge in [0, 0.05) is 32.4 Å². The smallest absolute Gasteiger partial charge is 0.191 e. The largest absolute Gasteiger partial charge is 0.356 e. The highest BCUT2D eigenvalue weighted by Crippen LogP contribution is 2.60. The number of nitrogens with one attached hydrogen (secondary N) is 2. The Morgan fingerprint density at radius 2 is 2.09 bits per heavy atom. The molecule has 1 heterocycles. The molecular weight excluding hydrogens is 286 g/mol. The van der Waals surface area contributed by atoms with Gasteiger partial charge >= 0.3 is 0 Å². The van der Waals surface area contributed by atoms with Crippen molar-refractivity contribution >= 4 is 5.96 Å². The van der Waals surface area contributed by atoms with Crippen LogP contribution in [0.25, 0.3) is 0 Å². The lowest BCUT2D eigenvalue weighted by Gasteiger charge is -2.21. The van der Waals surface area contributed by atoms with Gasteiger partial charge in [-0.05, 0) is 69.8 Å². The minimum Gasteiger partial charge on any atom is -0.356 e. The molecule has 0 amide bonds. The number of hydrogen-bond donors (Lipinski definition) is 2. The van der Waals surface area contributed by atoms with Crippen molar-refractivity contribution in [2.24, 2.45) is 23.4 Å². The fraction of sp³-hybridized carbons (Fsp3) is 0.778. The van der Waals surface area contributed by atoms with Crippen LogP contribution in [0.5, 0.6) is 0 Å². The molecule has 2 fully saturated rings. The molecule has 1 atom stereocenters. The molecular formula is C18H31N5. The third-order valence-electron chi connectivity index (χ3n) is 5.72. The molecule has 5 heteroatoms. The van der Waals surface area contributed by atoms with Gasteiger partial charge in [0.05, 0.1) is 5.69 Å². The van der Waals surface area contributed by atoms with Crippen LogP contribution in [0.3, 0.4) is 0 Å². The van der Waals surface area contributed by atoms with Gasteiger partial charge in [-0.3, -0.25) is 9.67 Å². The molecule has 1 aromatic rings. The highest BCUT2D eigenvalue weighted by atomic mass is 15.3. The zero-order chi connectivity index (χ0) is 16.6. The first-order chi connectivity index (χ1) is 10.9. The van der Waals surface area contributed by atoms with E-state index in [9.17, 15) is 0 Å². The third kappa shape index (κ3) is 3.54. The maximum atomic E-state index is 4.51. The molecule has 2 N–H and O–H groups in total. The maximum Gasteiger partial charge on any atom is 0.191 e. The molecule has 5 nitrogen and oxygen atoms in total. The summed E-state index contributed by atoms with van der Waals surface area (Å²) in [5.41, 5.74) is 4.33. The average molecular weight is 317 g/mol. The van der Waals surface area contributed by atoms with Gasteiger partial charge in [-0.25, -0.2) is 0 Å². The summed E-state index contributed by atoms with van der Waals surface area (Å²) in [7, 11) is 3.87. The second-order valence-corrected chi connectivity index (χ2v) is 7.58. The summed E-state index contributed by atoms with van der Waals surface area (Å²) in [6, 6.07) is 0.332. The highest BCUT2D eigenvalue weighted by molar-refractivity contribution is 5.80. The van der Waals surface area contributed by atoms with Crippen molar-refractivity contribution < 1.29 is 0 Å². The van der Waals surface area contributed by atoms with Crippen LogP contribution in [-0.2, 0) is 13.5 Å². The molecule has 2 aliphatic rings. The van der Waals surface area contributed by atoms with Crippen LogP contribution in [0.2, 0.25) is 0 Å². The number of nitrogens with zero attached hydrogens (tertiary/aromatic N) is 3. The van der Waals surface area contributed by atoms with Gasteiger partial charge < -0.3 is 10.6 Å². The van der Waals surface area contributed by atoms with Crippen molar-refractivity contribution in [1.29, 1.82) is 0 Å². The monoisotopic (exact) mass is 317 g/mol. The topological polar surface area (TPSA) is 54.2 Å². The van der Waals surface area contributed by atoms with E-state index in [4.69, 9.17) is 0 Å². The maximum absolute atomic E-state index is 4.51. The van der Waals surface area contributed by atoms with Crippen LogP contribution in [-0.4, -0.2) is 35.4 Å². The van der Waals surface area contributed by atoms with E-state index in [1.807, 2.05) is 18.8 Å². The Hall–Kier alpha value is -1.52. The zero-order valence-electron chi connectivity index (χ0n) is 15.2. The van der Waals surface area contributed by atoms with E-state index in [0.29, 0.717) is 11.5 Å². The number of rotatable bonds is 6. The molecule has 0 spiro atoms. The van der Waals surface area contributed by atoms with Crippen LogP contribution < -0.4 is 10.6 Å². The fourth-order valence-corrected chi connectivity index (χ4v) is 3.74. The van der Waals surface area contributed by atoms with Gasteiger partial charge in [0.15, 0.2) is 5.96 Å². The Morgan fingerprint density at radius 3 is 2.57 bits per heavy atom. The van der Waals surface area contributed by atoms with Gasteiger partial charge in [0.25, 0.3) is 0 Å². The second kappa shape index (κ2) is 6.17. The number of hydrogen-bond acceptors (Lipinski definition) is 2. The molecule has 3 rings (SSSR count). The third-order valence-corrected chi connectivity index (χ3v) is 5.72. The summed E-state index contributed by atoms with van der Waals surface area (Å²) >= 11 is 0. The normalized spacial score (nSPS) is 21.2. The van der Waals surface area contributed by atoms with Crippen LogP contribution in [0.4, 0.5) is 0 Å². The van der Waals surface area contributed by atoms with Gasteiger partial charge in [-0.15, -0.1) is 0 Å². The van der Waals surface area contributed by atoms with Crippen molar-refractivity contribution in [1.82, 2.24) is 20.4 Å². The van der Waals surface area contributed by atoms with E-state index < -0.39 is 0 Å². The van der Waals surface area contributed by atoms with Crippen molar-refractivity contribution in [3.8, 4) is 0 Å². The first-order valence-electron chi connectivity index (χ1n) is 8.91. The van der Waals surface area contributed by atoms with Gasteiger partial charge in [0.1, 0.15) is 0 Å². The highest BCUT2D eigenvalue weighted by Gasteiger charge is 2.53. The molecule has 0 bridgehead atoms. The van der Waals surface area contributed by atoms with Crippen LogP contribution in [0.1, 0.15) is 49.6 Å². The summed E-state index contributed by atoms with van der Waals surface area (Å²) in [4.78, 5) is 4.40. The van der Waals surface area contributed by atoms with E-state index in [1.54, 1.807) is 0 Å². The van der Waals surface area contributed by atoms with Crippen LogP contribution in [0, 0.1) is 25.2 Å². The number of aromatic nitrogens is 2. The standard InChI is InChI=1S/C18H31N5/c1-12(10-16-13(2)22-23(5)14(16)3)21-17(19-4)20-11-18(8-9-18)15-6-7-15/h12,15H,6-11H2,1-5H3,(H2,19,20,21). The first kappa shape index (κ1) is 16.3. The zero-order valence-corrected chi connectivity index (χ0v) is 15.2. The molecule has 0 aromatic carbocycles. The lowest BCUT2D eigenvalue weighted by atomic mass is 10.0. The van der Waals surface area contributed by atoms with E-state index in [0.717, 1.165) is 30.5 Å². The predicted molar refractivity (Wildman–Crippen MR) is 94.7 cm³/mol. The summed E-state index contributed by atoms with van der Waals surface area (Å²) in [6.07, 6.45) is 6.63. The number of guanidine groups is 1. The van der Waals surface area contributed by atoms with E-state index in [-0.39, 0.29) is 0 Å². The van der Waals surface area contributed by atoms with Gasteiger partial charge in [-0.2, -0.15) is 5.10 Å². The van der Waals surface area contributed by atoms with E-state index in [2.05, 4.69) is 41.5 Å². The van der Waals surface area contributed by atoms with Crippen LogP contribution >= 0.6 is 0 Å². The first-order valence-corrected chi connectivity index (χ1v) is 8.91. The number of aliphatic imine (C=N–C) groups is 1. The van der Waals surface area contributed by atoms with Gasteiger partial charge in [-0.1, -0.05) is 0 Å². The summed E-state index contributed by atoms with van der Waals surface area (Å²) in [6.45, 7) is 7.53. The summed E-state index contributed by atoms with van der Waals surface area (Å²) in [5, 5.41) is 11.6. The molecule has 23 heavy (non-hydrogen) atoms. The molecule has 1 unspecified atom stereocenters. The van der Waals surface area contributed by atoms with Crippen molar-refractivity contribution in [3.63, 3.8) is 0 Å². The molecule has 128 valence electrons. The minimum absolute atomic E-state index is 0.332. The predicted octanol–water partition coefficient (Wildman–Crippen LogP) is 2.32. The quantitative estimate of drug-likeness (QED) is 0.625. The summed E-state index contributed by atoms with van der Waals surface area (Å²) < 4.78 is 1.97. The van der Waals surface area contributed by atoms with E-state index in [1.165, 1.54) is 36.9 Å². The lowest BCUT2D eigenvalue weighted by Crippen LogP contribution is -2.45. The fourth-order valence-electron chi connectivity index (χ4n) is 3.74. The molecule has 2 saturated carbocycles. The molecule has 1 aromatic heterocycles. The molecule has 2 aliphatic carbocycles. The van der Waals surface area contributed by atoms with Gasteiger partial charge in [0.2, 0.25) is 0 Å². The minimum atomic E-state index is 0.332. The molecule has 0 saturated heterocycles. The second-order valence-electron chi connectivity index (χ2n) is 7.58. The van der Waals surface area contributed by atoms with Crippen molar-refractivity contribution in [3.05, 3.63) is 17.0 Å². The Bertz CT molecular complexity index is 593. The Kier molecular flexibility index (Phi) is 4.39.